The highest BCUT2D eigenvalue weighted by Gasteiger charge is 2.15. The highest BCUT2D eigenvalue weighted by molar-refractivity contribution is 7.16. The number of benzene rings is 2. The molecule has 0 unspecified atom stereocenters. The number of aromatic nitrogens is 1. The summed E-state index contributed by atoms with van der Waals surface area (Å²) in [7, 11) is 1.53. The number of esters is 1. The summed E-state index contributed by atoms with van der Waals surface area (Å²) in [6.45, 7) is 1.92. The minimum absolute atomic E-state index is 0.0816. The summed E-state index contributed by atoms with van der Waals surface area (Å²) >= 11 is 7.60. The predicted octanol–water partition coefficient (Wildman–Crippen LogP) is 3.67. The van der Waals surface area contributed by atoms with Crippen molar-refractivity contribution in [2.75, 3.05) is 13.7 Å². The maximum absolute atomic E-state index is 12.6. The molecule has 140 valence electrons. The van der Waals surface area contributed by atoms with Crippen molar-refractivity contribution in [1.82, 2.24) is 4.57 Å². The van der Waals surface area contributed by atoms with Crippen LogP contribution in [0.25, 0.3) is 10.2 Å². The first-order valence-electron chi connectivity index (χ1n) is 8.20. The van der Waals surface area contributed by atoms with E-state index in [2.05, 4.69) is 4.99 Å². The number of rotatable bonds is 5. The van der Waals surface area contributed by atoms with Gasteiger partial charge < -0.3 is 14.0 Å². The Labute approximate surface area is 164 Å². The summed E-state index contributed by atoms with van der Waals surface area (Å²) in [4.78, 5) is 29.3. The van der Waals surface area contributed by atoms with E-state index < -0.39 is 11.9 Å². The Hall–Kier alpha value is -2.64. The van der Waals surface area contributed by atoms with E-state index in [4.69, 9.17) is 21.1 Å². The van der Waals surface area contributed by atoms with Gasteiger partial charge in [-0.15, -0.1) is 0 Å². The minimum atomic E-state index is -0.436. The number of ether oxygens (including phenoxy) is 2. The Morgan fingerprint density at radius 2 is 2.00 bits per heavy atom. The first-order chi connectivity index (χ1) is 13.0. The zero-order valence-electron chi connectivity index (χ0n) is 14.8. The van der Waals surface area contributed by atoms with Crippen LogP contribution in [0, 0.1) is 0 Å². The Morgan fingerprint density at radius 1 is 1.22 bits per heavy atom. The van der Waals surface area contributed by atoms with Gasteiger partial charge in [-0.1, -0.05) is 35.1 Å². The number of methoxy groups -OCH3 is 1. The minimum Gasteiger partial charge on any atom is -0.497 e. The smallest absolute Gasteiger partial charge is 0.326 e. The Balaban J connectivity index is 2.11. The summed E-state index contributed by atoms with van der Waals surface area (Å²) in [5.41, 5.74) is 1.04. The second-order valence-corrected chi connectivity index (χ2v) is 6.93. The van der Waals surface area contributed by atoms with E-state index in [0.29, 0.717) is 26.7 Å². The molecule has 1 heterocycles. The Kier molecular flexibility index (Phi) is 5.93. The predicted molar refractivity (Wildman–Crippen MR) is 104 cm³/mol. The van der Waals surface area contributed by atoms with E-state index in [1.165, 1.54) is 18.4 Å². The van der Waals surface area contributed by atoms with Gasteiger partial charge in [-0.3, -0.25) is 9.59 Å². The van der Waals surface area contributed by atoms with Gasteiger partial charge in [0, 0.05) is 5.56 Å². The summed E-state index contributed by atoms with van der Waals surface area (Å²) in [6.07, 6.45) is 0. The molecule has 27 heavy (non-hydrogen) atoms. The standard InChI is InChI=1S/C19H17ClN2O4S/c1-3-26-16(23)11-22-17-14(20)8-5-9-15(17)27-19(22)21-18(24)12-6-4-7-13(10-12)25-2/h4-10H,3,11H2,1-2H3. The quantitative estimate of drug-likeness (QED) is 0.608. The third kappa shape index (κ3) is 4.20. The highest BCUT2D eigenvalue weighted by atomic mass is 35.5. The van der Waals surface area contributed by atoms with Gasteiger partial charge in [-0.2, -0.15) is 4.99 Å². The fourth-order valence-electron chi connectivity index (χ4n) is 2.56. The van der Waals surface area contributed by atoms with E-state index in [1.807, 2.05) is 12.1 Å². The molecule has 2 aromatic carbocycles. The summed E-state index contributed by atoms with van der Waals surface area (Å²) in [5, 5.41) is 0.475. The molecule has 0 saturated carbocycles. The molecule has 0 bridgehead atoms. The molecule has 0 atom stereocenters. The summed E-state index contributed by atoms with van der Waals surface area (Å²) < 4.78 is 12.6. The summed E-state index contributed by atoms with van der Waals surface area (Å²) in [5.74, 6) is -0.295. The topological polar surface area (TPSA) is 69.9 Å². The highest BCUT2D eigenvalue weighted by Crippen LogP contribution is 2.25. The third-order valence-electron chi connectivity index (χ3n) is 3.76. The van der Waals surface area contributed by atoms with Crippen LogP contribution in [-0.2, 0) is 16.1 Å². The van der Waals surface area contributed by atoms with Crippen LogP contribution in [0.15, 0.2) is 47.5 Å². The molecule has 1 amide bonds. The van der Waals surface area contributed by atoms with E-state index in [-0.39, 0.29) is 13.2 Å². The SMILES string of the molecule is CCOC(=O)Cn1c(=NC(=O)c2cccc(OC)c2)sc2cccc(Cl)c21. The van der Waals surface area contributed by atoms with Gasteiger partial charge in [0.2, 0.25) is 0 Å². The molecular formula is C19H17ClN2O4S. The lowest BCUT2D eigenvalue weighted by Crippen LogP contribution is -2.23. The molecule has 3 rings (SSSR count). The Bertz CT molecular complexity index is 1070. The maximum Gasteiger partial charge on any atom is 0.326 e. The molecule has 1 aromatic heterocycles. The number of para-hydroxylation sites is 1. The van der Waals surface area contributed by atoms with Crippen LogP contribution < -0.4 is 9.54 Å². The largest absolute Gasteiger partial charge is 0.497 e. The van der Waals surface area contributed by atoms with Gasteiger partial charge >= 0.3 is 5.97 Å². The van der Waals surface area contributed by atoms with Gasteiger partial charge in [0.1, 0.15) is 12.3 Å². The zero-order valence-corrected chi connectivity index (χ0v) is 16.3. The molecule has 0 radical (unpaired) electrons. The monoisotopic (exact) mass is 404 g/mol. The molecule has 0 aliphatic rings. The van der Waals surface area contributed by atoms with Crippen LogP contribution in [0.1, 0.15) is 17.3 Å². The van der Waals surface area contributed by atoms with Crippen molar-refractivity contribution >= 4 is 45.0 Å². The van der Waals surface area contributed by atoms with E-state index in [9.17, 15) is 9.59 Å². The molecule has 0 aliphatic heterocycles. The molecular weight excluding hydrogens is 388 g/mol. The second-order valence-electron chi connectivity index (χ2n) is 5.51. The van der Waals surface area contributed by atoms with Crippen LogP contribution in [-0.4, -0.2) is 30.2 Å². The van der Waals surface area contributed by atoms with Crippen molar-refractivity contribution in [2.45, 2.75) is 13.5 Å². The molecule has 0 spiro atoms. The van der Waals surface area contributed by atoms with Crippen molar-refractivity contribution in [3.05, 3.63) is 57.9 Å². The van der Waals surface area contributed by atoms with Crippen molar-refractivity contribution < 1.29 is 19.1 Å². The number of thiazole rings is 1. The van der Waals surface area contributed by atoms with Crippen LogP contribution in [0.2, 0.25) is 5.02 Å². The summed E-state index contributed by atoms with van der Waals surface area (Å²) in [6, 6.07) is 12.1. The number of carbonyl (C=O) groups excluding carboxylic acids is 2. The van der Waals surface area contributed by atoms with Crippen molar-refractivity contribution in [2.24, 2.45) is 4.99 Å². The Morgan fingerprint density at radius 3 is 2.74 bits per heavy atom. The zero-order chi connectivity index (χ0) is 19.4. The number of fused-ring (bicyclic) bond motifs is 1. The van der Waals surface area contributed by atoms with E-state index in [1.54, 1.807) is 41.8 Å². The number of carbonyl (C=O) groups is 2. The third-order valence-corrected chi connectivity index (χ3v) is 5.11. The number of hydrogen-bond donors (Lipinski definition) is 0. The number of nitrogens with zero attached hydrogens (tertiary/aromatic N) is 2. The van der Waals surface area contributed by atoms with Crippen molar-refractivity contribution in [3.63, 3.8) is 0 Å². The van der Waals surface area contributed by atoms with Gasteiger partial charge in [-0.25, -0.2) is 0 Å². The lowest BCUT2D eigenvalue weighted by Gasteiger charge is -2.06. The molecule has 0 fully saturated rings. The van der Waals surface area contributed by atoms with Crippen molar-refractivity contribution in [1.29, 1.82) is 0 Å². The van der Waals surface area contributed by atoms with Crippen LogP contribution in [0.5, 0.6) is 5.75 Å². The number of halogens is 1. The molecule has 0 saturated heterocycles. The molecule has 6 nitrogen and oxygen atoms in total. The number of amides is 1. The molecule has 0 aliphatic carbocycles. The fourth-order valence-corrected chi connectivity index (χ4v) is 3.95. The first kappa shape index (κ1) is 19.1. The van der Waals surface area contributed by atoms with Gasteiger partial charge in [0.15, 0.2) is 4.80 Å². The van der Waals surface area contributed by atoms with Gasteiger partial charge in [0.05, 0.1) is 29.0 Å². The van der Waals surface area contributed by atoms with Gasteiger partial charge in [-0.05, 0) is 37.3 Å². The first-order valence-corrected chi connectivity index (χ1v) is 9.39. The normalized spacial score (nSPS) is 11.6. The fraction of sp³-hybridized carbons (Fsp3) is 0.211. The van der Waals surface area contributed by atoms with Crippen molar-refractivity contribution in [3.8, 4) is 5.75 Å². The van der Waals surface area contributed by atoms with Crippen LogP contribution in [0.3, 0.4) is 0 Å². The van der Waals surface area contributed by atoms with E-state index in [0.717, 1.165) is 4.70 Å². The molecule has 8 heteroatoms. The maximum atomic E-state index is 12.6. The van der Waals surface area contributed by atoms with Crippen LogP contribution in [0.4, 0.5) is 0 Å². The molecule has 3 aromatic rings. The van der Waals surface area contributed by atoms with Crippen LogP contribution >= 0.6 is 22.9 Å². The average Bonchev–Trinajstić information content (AvgIpc) is 3.00. The number of hydrogen-bond acceptors (Lipinski definition) is 5. The van der Waals surface area contributed by atoms with Gasteiger partial charge in [0.25, 0.3) is 5.91 Å². The lowest BCUT2D eigenvalue weighted by molar-refractivity contribution is -0.143. The average molecular weight is 405 g/mol. The van der Waals surface area contributed by atoms with E-state index >= 15 is 0 Å². The lowest BCUT2D eigenvalue weighted by atomic mass is 10.2. The molecule has 0 N–H and O–H groups in total. The second kappa shape index (κ2) is 8.37.